The smallest absolute Gasteiger partial charge is 0.238 e. The molecule has 1 saturated heterocycles. The minimum Gasteiger partial charge on any atom is -0.443 e. The number of H-pyrrole nitrogens is 1. The van der Waals surface area contributed by atoms with Gasteiger partial charge in [0.05, 0.1) is 6.61 Å². The molecule has 1 aliphatic rings. The van der Waals surface area contributed by atoms with Crippen molar-refractivity contribution in [3.8, 4) is 5.88 Å². The minimum absolute atomic E-state index is 0.0398. The van der Waals surface area contributed by atoms with Crippen LogP contribution in [-0.2, 0) is 27.2 Å². The number of Topliss-reactive ketones (excluding diaryl/α,β-unsaturated/α-hetero) is 1. The largest absolute Gasteiger partial charge is 0.443 e. The summed E-state index contributed by atoms with van der Waals surface area (Å²) in [6.45, 7) is 6.03. The normalized spacial score (nSPS) is 23.0. The summed E-state index contributed by atoms with van der Waals surface area (Å²) in [5.41, 5.74) is 15.8. The van der Waals surface area contributed by atoms with Crippen LogP contribution < -0.4 is 16.2 Å². The van der Waals surface area contributed by atoms with E-state index in [-0.39, 0.29) is 24.0 Å². The maximum absolute atomic E-state index is 12.5. The van der Waals surface area contributed by atoms with Crippen LogP contribution in [0.15, 0.2) is 18.2 Å². The highest BCUT2D eigenvalue weighted by Gasteiger charge is 2.45. The zero-order chi connectivity index (χ0) is 31.7. The maximum atomic E-state index is 12.5. The van der Waals surface area contributed by atoms with E-state index in [1.165, 1.54) is 0 Å². The number of hydrogen-bond donors (Lipinski definition) is 7. The first kappa shape index (κ1) is 34.6. The summed E-state index contributed by atoms with van der Waals surface area (Å²) in [6, 6.07) is 6.15. The van der Waals surface area contributed by atoms with Crippen LogP contribution in [0.3, 0.4) is 0 Å². The van der Waals surface area contributed by atoms with Crippen LogP contribution in [0.2, 0.25) is 0 Å². The molecule has 1 aromatic heterocycles. The van der Waals surface area contributed by atoms with E-state index in [9.17, 15) is 30.0 Å². The van der Waals surface area contributed by atoms with E-state index >= 15 is 0 Å². The van der Waals surface area contributed by atoms with Gasteiger partial charge in [0.25, 0.3) is 0 Å². The molecule has 1 fully saturated rings. The van der Waals surface area contributed by atoms with E-state index in [4.69, 9.17) is 20.9 Å². The van der Waals surface area contributed by atoms with E-state index in [0.717, 1.165) is 47.2 Å². The van der Waals surface area contributed by atoms with Gasteiger partial charge in [0.2, 0.25) is 18.1 Å². The van der Waals surface area contributed by atoms with Gasteiger partial charge in [-0.2, -0.15) is 0 Å². The van der Waals surface area contributed by atoms with Gasteiger partial charge in [-0.3, -0.25) is 14.7 Å². The molecule has 0 radical (unpaired) electrons. The van der Waals surface area contributed by atoms with Gasteiger partial charge in [-0.1, -0.05) is 38.5 Å². The highest BCUT2D eigenvalue weighted by atomic mass is 16.7. The quantitative estimate of drug-likeness (QED) is 0.128. The van der Waals surface area contributed by atoms with Crippen LogP contribution in [0.5, 0.6) is 5.88 Å². The number of aromatic amines is 1. The Hall–Kier alpha value is -2.87. The number of benzene rings is 1. The Morgan fingerprint density at radius 3 is 2.49 bits per heavy atom. The summed E-state index contributed by atoms with van der Waals surface area (Å²) in [5, 5.41) is 47.5. The van der Waals surface area contributed by atoms with Crippen molar-refractivity contribution >= 4 is 11.7 Å². The molecule has 3 rings (SSSR count). The molecule has 1 amide bonds. The number of nitrogens with two attached hydrogens (primary N) is 2. The molecule has 9 N–H and O–H groups in total. The first-order valence-electron chi connectivity index (χ1n) is 15.1. The molecule has 240 valence electrons. The van der Waals surface area contributed by atoms with Gasteiger partial charge in [-0.05, 0) is 61.8 Å². The van der Waals surface area contributed by atoms with Gasteiger partial charge >= 0.3 is 0 Å². The molecule has 2 heterocycles. The number of amides is 1. The summed E-state index contributed by atoms with van der Waals surface area (Å²) in [5.74, 6) is -0.544. The zero-order valence-electron chi connectivity index (χ0n) is 25.4. The summed E-state index contributed by atoms with van der Waals surface area (Å²) in [7, 11) is 0. The fourth-order valence-electron chi connectivity index (χ4n) is 5.43. The SMILES string of the molecule is Cc1cc(CCCC(=O)C[C@@H](CCCCN)C(N)=O)ccc1Cc1c(O[C@@H]2O[C@H](CO)[C@@H](O)[C@H](O)[C@H]2O)n[nH]c1C(C)C. The number of aliphatic hydroxyl groups excluding tert-OH is 4. The third kappa shape index (κ3) is 9.31. The van der Waals surface area contributed by atoms with E-state index < -0.39 is 49.1 Å². The summed E-state index contributed by atoms with van der Waals surface area (Å²) >= 11 is 0. The lowest BCUT2D eigenvalue weighted by atomic mass is 9.92. The molecule has 12 nitrogen and oxygen atoms in total. The molecular weight excluding hydrogens is 556 g/mol. The third-order valence-corrected chi connectivity index (χ3v) is 8.09. The molecule has 0 spiro atoms. The number of ketones is 1. The summed E-state index contributed by atoms with van der Waals surface area (Å²) in [6.07, 6.45) is -2.43. The van der Waals surface area contributed by atoms with Crippen LogP contribution in [0, 0.1) is 12.8 Å². The fraction of sp³-hybridized carbons (Fsp3) is 0.645. The second kappa shape index (κ2) is 16.3. The summed E-state index contributed by atoms with van der Waals surface area (Å²) in [4.78, 5) is 24.2. The average molecular weight is 605 g/mol. The molecule has 6 atom stereocenters. The molecular formula is C31H48N4O8. The van der Waals surface area contributed by atoms with Crippen molar-refractivity contribution in [2.24, 2.45) is 17.4 Å². The van der Waals surface area contributed by atoms with Gasteiger partial charge < -0.3 is 41.4 Å². The van der Waals surface area contributed by atoms with Crippen LogP contribution in [0.25, 0.3) is 0 Å². The Kier molecular flexibility index (Phi) is 13.1. The zero-order valence-corrected chi connectivity index (χ0v) is 25.4. The topological polar surface area (TPSA) is 214 Å². The van der Waals surface area contributed by atoms with Gasteiger partial charge in [0.15, 0.2) is 0 Å². The minimum atomic E-state index is -1.56. The van der Waals surface area contributed by atoms with E-state index in [1.807, 2.05) is 32.9 Å². The monoisotopic (exact) mass is 604 g/mol. The molecule has 12 heteroatoms. The predicted molar refractivity (Wildman–Crippen MR) is 159 cm³/mol. The Morgan fingerprint density at radius 1 is 1.12 bits per heavy atom. The molecule has 1 aliphatic heterocycles. The number of primary amides is 1. The van der Waals surface area contributed by atoms with E-state index in [0.29, 0.717) is 32.2 Å². The van der Waals surface area contributed by atoms with Crippen molar-refractivity contribution in [1.29, 1.82) is 0 Å². The molecule has 0 saturated carbocycles. The van der Waals surface area contributed by atoms with E-state index in [1.54, 1.807) is 0 Å². The van der Waals surface area contributed by atoms with Crippen molar-refractivity contribution in [2.75, 3.05) is 13.2 Å². The highest BCUT2D eigenvalue weighted by Crippen LogP contribution is 2.32. The van der Waals surface area contributed by atoms with Crippen LogP contribution >= 0.6 is 0 Å². The molecule has 0 bridgehead atoms. The van der Waals surface area contributed by atoms with Crippen molar-refractivity contribution in [1.82, 2.24) is 10.2 Å². The number of rotatable bonds is 17. The van der Waals surface area contributed by atoms with Crippen LogP contribution in [0.1, 0.15) is 86.2 Å². The lowest BCUT2D eigenvalue weighted by Gasteiger charge is -2.39. The number of hydrogen-bond acceptors (Lipinski definition) is 10. The predicted octanol–water partition coefficient (Wildman–Crippen LogP) is 1.12. The standard InChI is InChI=1S/C31H48N4O8/c1-17(2)25-23(30(35-34-25)43-31-28(40)27(39)26(38)24(16-36)42-31)15-20-11-10-19(13-18(20)3)7-6-9-22(37)14-21(29(33)41)8-4-5-12-32/h10-11,13,17,21,24,26-28,31,36,38-40H,4-9,12,14-16,32H2,1-3H3,(H2,33,41)(H,34,35)/t21-,24-,26-,27+,28-,31+/m1/s1. The Labute approximate surface area is 252 Å². The second-order valence-electron chi connectivity index (χ2n) is 11.8. The Bertz CT molecular complexity index is 1200. The Morgan fingerprint density at radius 2 is 1.86 bits per heavy atom. The number of aromatic nitrogens is 2. The number of carbonyl (C=O) groups excluding carboxylic acids is 2. The Balaban J connectivity index is 1.64. The third-order valence-electron chi connectivity index (χ3n) is 8.09. The van der Waals surface area contributed by atoms with Crippen LogP contribution in [0.4, 0.5) is 0 Å². The van der Waals surface area contributed by atoms with Gasteiger partial charge in [-0.25, -0.2) is 0 Å². The average Bonchev–Trinajstić information content (AvgIpc) is 3.36. The van der Waals surface area contributed by atoms with Crippen molar-refractivity contribution in [2.45, 2.75) is 109 Å². The van der Waals surface area contributed by atoms with Gasteiger partial charge in [0, 0.05) is 36.4 Å². The molecule has 1 aromatic carbocycles. The number of nitrogens with one attached hydrogen (secondary N) is 1. The first-order valence-corrected chi connectivity index (χ1v) is 15.1. The van der Waals surface area contributed by atoms with Crippen LogP contribution in [-0.4, -0.2) is 86.2 Å². The number of carbonyl (C=O) groups is 2. The van der Waals surface area contributed by atoms with Gasteiger partial charge in [0.1, 0.15) is 30.2 Å². The lowest BCUT2D eigenvalue weighted by molar-refractivity contribution is -0.278. The maximum Gasteiger partial charge on any atom is 0.238 e. The number of nitrogens with zero attached hydrogens (tertiary/aromatic N) is 1. The molecule has 2 aromatic rings. The van der Waals surface area contributed by atoms with Crippen molar-refractivity contribution < 1.29 is 39.5 Å². The highest BCUT2D eigenvalue weighted by molar-refractivity contribution is 5.85. The number of aryl methyl sites for hydroxylation is 2. The molecule has 43 heavy (non-hydrogen) atoms. The number of unbranched alkanes of at least 4 members (excludes halogenated alkanes) is 1. The first-order chi connectivity index (χ1) is 20.5. The fourth-order valence-corrected chi connectivity index (χ4v) is 5.43. The van der Waals surface area contributed by atoms with Gasteiger partial charge in [-0.15, -0.1) is 5.10 Å². The van der Waals surface area contributed by atoms with E-state index in [2.05, 4.69) is 16.3 Å². The number of ether oxygens (including phenoxy) is 2. The van der Waals surface area contributed by atoms with Crippen molar-refractivity contribution in [3.05, 3.63) is 46.1 Å². The second-order valence-corrected chi connectivity index (χ2v) is 11.8. The molecule has 0 unspecified atom stereocenters. The molecule has 0 aliphatic carbocycles. The summed E-state index contributed by atoms with van der Waals surface area (Å²) < 4.78 is 11.4. The number of aliphatic hydroxyl groups is 4. The van der Waals surface area contributed by atoms with Crippen molar-refractivity contribution in [3.63, 3.8) is 0 Å². The lowest BCUT2D eigenvalue weighted by Crippen LogP contribution is -2.60.